The Morgan fingerprint density at radius 2 is 1.56 bits per heavy atom. The van der Waals surface area contributed by atoms with Gasteiger partial charge in [-0.3, -0.25) is 0 Å². The molecule has 2 aliphatic rings. The number of nitrogens with zero attached hydrogens (tertiary/aromatic N) is 5. The van der Waals surface area contributed by atoms with Gasteiger partial charge in [0.1, 0.15) is 0 Å². The maximum Gasteiger partial charge on any atom is 0.0921 e. The van der Waals surface area contributed by atoms with Gasteiger partial charge in [0.05, 0.1) is 30.8 Å². The largest absolute Gasteiger partial charge is 0.349 e. The number of imidazole rings is 1. The van der Waals surface area contributed by atoms with Crippen LogP contribution in [0.2, 0.25) is 0 Å². The SMILES string of the molecule is Cc1ccc2c(c1)CN=N2.Cc1cnc[nH]1.c1ccc2c(c1)CN=N2. The first-order chi connectivity index (χ1) is 12.2. The molecular formula is C19H20N6. The Morgan fingerprint density at radius 1 is 0.840 bits per heavy atom. The summed E-state index contributed by atoms with van der Waals surface area (Å²) in [4.78, 5) is 6.66. The predicted molar refractivity (Wildman–Crippen MR) is 97.4 cm³/mol. The quantitative estimate of drug-likeness (QED) is 0.572. The van der Waals surface area contributed by atoms with Crippen LogP contribution in [-0.4, -0.2) is 9.97 Å². The lowest BCUT2D eigenvalue weighted by Crippen LogP contribution is -1.77. The molecule has 0 fully saturated rings. The van der Waals surface area contributed by atoms with E-state index in [4.69, 9.17) is 0 Å². The molecule has 3 heterocycles. The van der Waals surface area contributed by atoms with Gasteiger partial charge in [0.25, 0.3) is 0 Å². The highest BCUT2D eigenvalue weighted by Crippen LogP contribution is 2.27. The Bertz CT molecular complexity index is 881. The van der Waals surface area contributed by atoms with Crippen molar-refractivity contribution in [2.45, 2.75) is 26.9 Å². The fourth-order valence-corrected chi connectivity index (χ4v) is 2.38. The topological polar surface area (TPSA) is 78.1 Å². The molecule has 3 aromatic rings. The molecule has 0 saturated carbocycles. The number of benzene rings is 2. The summed E-state index contributed by atoms with van der Waals surface area (Å²) in [6, 6.07) is 14.2. The lowest BCUT2D eigenvalue weighted by Gasteiger charge is -1.94. The van der Waals surface area contributed by atoms with E-state index in [-0.39, 0.29) is 0 Å². The molecule has 0 amide bonds. The van der Waals surface area contributed by atoms with Gasteiger partial charge in [-0.05, 0) is 26.0 Å². The van der Waals surface area contributed by atoms with E-state index < -0.39 is 0 Å². The third kappa shape index (κ3) is 4.67. The Labute approximate surface area is 146 Å². The highest BCUT2D eigenvalue weighted by molar-refractivity contribution is 5.49. The van der Waals surface area contributed by atoms with Crippen LogP contribution in [0.1, 0.15) is 22.4 Å². The van der Waals surface area contributed by atoms with Gasteiger partial charge in [0.15, 0.2) is 0 Å². The highest BCUT2D eigenvalue weighted by Gasteiger charge is 2.05. The van der Waals surface area contributed by atoms with E-state index in [1.165, 1.54) is 16.7 Å². The molecular weight excluding hydrogens is 312 g/mol. The fourth-order valence-electron chi connectivity index (χ4n) is 2.38. The minimum absolute atomic E-state index is 0.760. The molecule has 0 atom stereocenters. The van der Waals surface area contributed by atoms with Gasteiger partial charge in [-0.1, -0.05) is 35.9 Å². The Balaban J connectivity index is 0.000000113. The maximum atomic E-state index is 3.97. The normalized spacial score (nSPS) is 12.6. The zero-order valence-electron chi connectivity index (χ0n) is 14.3. The third-order valence-corrected chi connectivity index (χ3v) is 3.70. The van der Waals surface area contributed by atoms with Crippen molar-refractivity contribution in [1.82, 2.24) is 9.97 Å². The van der Waals surface area contributed by atoms with Crippen LogP contribution in [0.3, 0.4) is 0 Å². The van der Waals surface area contributed by atoms with Crippen LogP contribution in [0.25, 0.3) is 0 Å². The number of aryl methyl sites for hydroxylation is 2. The van der Waals surface area contributed by atoms with Crippen molar-refractivity contribution < 1.29 is 0 Å². The number of aromatic amines is 1. The summed E-state index contributed by atoms with van der Waals surface area (Å²) in [5.74, 6) is 0. The number of hydrogen-bond acceptors (Lipinski definition) is 5. The average Bonchev–Trinajstić information content (AvgIpc) is 3.36. The van der Waals surface area contributed by atoms with Crippen LogP contribution in [-0.2, 0) is 13.1 Å². The summed E-state index contributed by atoms with van der Waals surface area (Å²) >= 11 is 0. The third-order valence-electron chi connectivity index (χ3n) is 3.70. The molecule has 2 aliphatic heterocycles. The summed E-state index contributed by atoms with van der Waals surface area (Å²) in [5.41, 5.74) is 6.93. The van der Waals surface area contributed by atoms with Gasteiger partial charge in [-0.25, -0.2) is 4.98 Å². The summed E-state index contributed by atoms with van der Waals surface area (Å²) in [5, 5.41) is 15.7. The number of fused-ring (bicyclic) bond motifs is 2. The van der Waals surface area contributed by atoms with Gasteiger partial charge in [-0.2, -0.15) is 20.5 Å². The van der Waals surface area contributed by atoms with E-state index in [2.05, 4.69) is 55.5 Å². The van der Waals surface area contributed by atoms with E-state index in [0.717, 1.165) is 30.2 Å². The molecule has 2 aromatic carbocycles. The molecule has 0 aliphatic carbocycles. The van der Waals surface area contributed by atoms with Gasteiger partial charge < -0.3 is 4.98 Å². The van der Waals surface area contributed by atoms with Crippen molar-refractivity contribution in [1.29, 1.82) is 0 Å². The molecule has 5 rings (SSSR count). The van der Waals surface area contributed by atoms with Crippen molar-refractivity contribution >= 4 is 11.4 Å². The second-order valence-electron chi connectivity index (χ2n) is 5.79. The number of azo groups is 2. The minimum Gasteiger partial charge on any atom is -0.349 e. The molecule has 6 heteroatoms. The highest BCUT2D eigenvalue weighted by atomic mass is 15.1. The first-order valence-corrected chi connectivity index (χ1v) is 8.10. The molecule has 0 radical (unpaired) electrons. The molecule has 1 aromatic heterocycles. The number of aromatic nitrogens is 2. The van der Waals surface area contributed by atoms with Crippen molar-refractivity contribution in [2.24, 2.45) is 20.5 Å². The molecule has 0 unspecified atom stereocenters. The average molecular weight is 332 g/mol. The first kappa shape index (κ1) is 16.7. The second-order valence-corrected chi connectivity index (χ2v) is 5.79. The lowest BCUT2D eigenvalue weighted by molar-refractivity contribution is 1.04. The van der Waals surface area contributed by atoms with E-state index in [1.54, 1.807) is 12.5 Å². The first-order valence-electron chi connectivity index (χ1n) is 8.10. The molecule has 0 saturated heterocycles. The summed E-state index contributed by atoms with van der Waals surface area (Å²) < 4.78 is 0. The van der Waals surface area contributed by atoms with Crippen LogP contribution < -0.4 is 0 Å². The van der Waals surface area contributed by atoms with E-state index in [1.807, 2.05) is 31.2 Å². The van der Waals surface area contributed by atoms with Crippen molar-refractivity contribution in [3.63, 3.8) is 0 Å². The standard InChI is InChI=1S/C8H8N2.C7H6N2.C4H6N2/c1-6-2-3-8-7(4-6)5-9-10-8;1-2-4-7-6(3-1)5-8-9-7;1-4-2-5-3-6-4/h2-4H,5H2,1H3;1-4H,5H2;2-3H,1H3,(H,5,6). The number of nitrogens with one attached hydrogen (secondary N) is 1. The second kappa shape index (κ2) is 8.10. The molecule has 25 heavy (non-hydrogen) atoms. The smallest absolute Gasteiger partial charge is 0.0921 e. The summed E-state index contributed by atoms with van der Waals surface area (Å²) in [6.45, 7) is 5.57. The Morgan fingerprint density at radius 3 is 2.20 bits per heavy atom. The van der Waals surface area contributed by atoms with Crippen molar-refractivity contribution in [2.75, 3.05) is 0 Å². The lowest BCUT2D eigenvalue weighted by atomic mass is 10.1. The van der Waals surface area contributed by atoms with E-state index in [0.29, 0.717) is 0 Å². The van der Waals surface area contributed by atoms with Crippen molar-refractivity contribution in [3.8, 4) is 0 Å². The van der Waals surface area contributed by atoms with E-state index >= 15 is 0 Å². The summed E-state index contributed by atoms with van der Waals surface area (Å²) in [7, 11) is 0. The number of H-pyrrole nitrogens is 1. The summed E-state index contributed by atoms with van der Waals surface area (Å²) in [6.07, 6.45) is 3.44. The van der Waals surface area contributed by atoms with Crippen molar-refractivity contribution in [3.05, 3.63) is 77.4 Å². The van der Waals surface area contributed by atoms with Gasteiger partial charge >= 0.3 is 0 Å². The molecule has 0 spiro atoms. The maximum absolute atomic E-state index is 3.97. The number of hydrogen-bond donors (Lipinski definition) is 1. The zero-order valence-corrected chi connectivity index (χ0v) is 14.3. The monoisotopic (exact) mass is 332 g/mol. The zero-order chi connectivity index (χ0) is 17.5. The van der Waals surface area contributed by atoms with Crippen LogP contribution in [0, 0.1) is 13.8 Å². The van der Waals surface area contributed by atoms with Gasteiger partial charge in [0, 0.05) is 23.0 Å². The van der Waals surface area contributed by atoms with E-state index in [9.17, 15) is 0 Å². The fraction of sp³-hybridized carbons (Fsp3) is 0.211. The van der Waals surface area contributed by atoms with Crippen LogP contribution in [0.15, 0.2) is 75.4 Å². The Hall–Kier alpha value is -3.15. The van der Waals surface area contributed by atoms with Gasteiger partial charge in [0.2, 0.25) is 0 Å². The van der Waals surface area contributed by atoms with Crippen LogP contribution in [0.5, 0.6) is 0 Å². The van der Waals surface area contributed by atoms with Crippen LogP contribution >= 0.6 is 0 Å². The molecule has 6 nitrogen and oxygen atoms in total. The molecule has 0 bridgehead atoms. The number of rotatable bonds is 0. The molecule has 126 valence electrons. The van der Waals surface area contributed by atoms with Crippen LogP contribution in [0.4, 0.5) is 11.4 Å². The van der Waals surface area contributed by atoms with Gasteiger partial charge in [-0.15, -0.1) is 0 Å². The molecule has 1 N–H and O–H groups in total. The minimum atomic E-state index is 0.760. The predicted octanol–water partition coefficient (Wildman–Crippen LogP) is 5.59. The Kier molecular flexibility index (Phi) is 5.41.